The number of aryl methyl sites for hydroxylation is 1. The van der Waals surface area contributed by atoms with Crippen LogP contribution in [0.3, 0.4) is 0 Å². The quantitative estimate of drug-likeness (QED) is 0.884. The molecule has 0 amide bonds. The Morgan fingerprint density at radius 1 is 1.15 bits per heavy atom. The lowest BCUT2D eigenvalue weighted by atomic mass is 10.2. The van der Waals surface area contributed by atoms with Crippen LogP contribution in [0.1, 0.15) is 18.3 Å². The highest BCUT2D eigenvalue weighted by atomic mass is 35.5. The van der Waals surface area contributed by atoms with Crippen LogP contribution in [0.15, 0.2) is 24.3 Å². The normalized spacial score (nSPS) is 10.4. The molecule has 0 radical (unpaired) electrons. The van der Waals surface area contributed by atoms with E-state index >= 15 is 0 Å². The van der Waals surface area contributed by atoms with Crippen LogP contribution in [0.5, 0.6) is 0 Å². The summed E-state index contributed by atoms with van der Waals surface area (Å²) in [5.41, 5.74) is 0.887. The van der Waals surface area contributed by atoms with Crippen molar-refractivity contribution < 1.29 is 4.39 Å². The van der Waals surface area contributed by atoms with Crippen molar-refractivity contribution in [3.05, 3.63) is 46.5 Å². The van der Waals surface area contributed by atoms with E-state index in [0.29, 0.717) is 18.2 Å². The van der Waals surface area contributed by atoms with E-state index in [2.05, 4.69) is 20.6 Å². The molecule has 0 saturated heterocycles. The molecule has 1 aromatic heterocycles. The molecule has 2 N–H and O–H groups in total. The number of hydrogen-bond donors (Lipinski definition) is 2. The van der Waals surface area contributed by atoms with Crippen molar-refractivity contribution in [3.63, 3.8) is 0 Å². The van der Waals surface area contributed by atoms with E-state index < -0.39 is 5.82 Å². The minimum absolute atomic E-state index is 0.122. The zero-order chi connectivity index (χ0) is 14.5. The molecule has 0 aliphatic rings. The Morgan fingerprint density at radius 3 is 2.50 bits per heavy atom. The van der Waals surface area contributed by atoms with Gasteiger partial charge in [-0.2, -0.15) is 0 Å². The Morgan fingerprint density at radius 2 is 1.85 bits per heavy atom. The van der Waals surface area contributed by atoms with Gasteiger partial charge in [0, 0.05) is 19.2 Å². The first kappa shape index (κ1) is 14.5. The fraction of sp³-hybridized carbons (Fsp3) is 0.286. The second-order valence-corrected chi connectivity index (χ2v) is 4.73. The number of aromatic nitrogens is 2. The summed E-state index contributed by atoms with van der Waals surface area (Å²) in [5.74, 6) is 1.76. The topological polar surface area (TPSA) is 49.8 Å². The van der Waals surface area contributed by atoms with Crippen LogP contribution in [0.2, 0.25) is 5.02 Å². The maximum atomic E-state index is 13.1. The maximum Gasteiger partial charge on any atom is 0.141 e. The molecule has 4 nitrogen and oxygen atoms in total. The highest BCUT2D eigenvalue weighted by Gasteiger charge is 2.03. The molecule has 1 heterocycles. The Labute approximate surface area is 122 Å². The molecule has 2 aromatic rings. The minimum Gasteiger partial charge on any atom is -0.370 e. The Hall–Kier alpha value is -1.88. The summed E-state index contributed by atoms with van der Waals surface area (Å²) in [6, 6.07) is 6.48. The van der Waals surface area contributed by atoms with Gasteiger partial charge in [-0.1, -0.05) is 17.7 Å². The van der Waals surface area contributed by atoms with Gasteiger partial charge in [0.25, 0.3) is 0 Å². The van der Waals surface area contributed by atoms with Crippen molar-refractivity contribution in [1.29, 1.82) is 0 Å². The molecule has 0 fully saturated rings. The number of benzene rings is 1. The number of hydrogen-bond acceptors (Lipinski definition) is 4. The predicted octanol–water partition coefficient (Wildman–Crippen LogP) is 3.62. The minimum atomic E-state index is -0.414. The van der Waals surface area contributed by atoms with Crippen LogP contribution in [-0.4, -0.2) is 16.5 Å². The largest absolute Gasteiger partial charge is 0.370 e. The molecule has 0 atom stereocenters. The Balaban J connectivity index is 2.08. The van der Waals surface area contributed by atoms with Gasteiger partial charge in [0.05, 0.1) is 5.02 Å². The summed E-state index contributed by atoms with van der Waals surface area (Å²) in [5, 5.41) is 6.44. The smallest absolute Gasteiger partial charge is 0.141 e. The summed E-state index contributed by atoms with van der Waals surface area (Å²) in [6.45, 7) is 5.15. The fourth-order valence-electron chi connectivity index (χ4n) is 1.77. The van der Waals surface area contributed by atoms with E-state index in [0.717, 1.165) is 17.9 Å². The fourth-order valence-corrected chi connectivity index (χ4v) is 1.98. The average Bonchev–Trinajstić information content (AvgIpc) is 2.40. The summed E-state index contributed by atoms with van der Waals surface area (Å²) in [6.07, 6.45) is 0. The van der Waals surface area contributed by atoms with E-state index in [1.165, 1.54) is 6.07 Å². The van der Waals surface area contributed by atoms with Crippen molar-refractivity contribution in [2.75, 3.05) is 17.2 Å². The maximum absolute atomic E-state index is 13.1. The zero-order valence-corrected chi connectivity index (χ0v) is 12.1. The standard InChI is InChI=1S/C14H16ClFN4/c1-3-17-13-7-14(20-9(2)19-13)18-8-10-4-5-12(16)11(15)6-10/h4-7H,3,8H2,1-2H3,(H2,17,18,19,20). The van der Waals surface area contributed by atoms with Crippen LogP contribution in [0, 0.1) is 12.7 Å². The highest BCUT2D eigenvalue weighted by molar-refractivity contribution is 6.30. The van der Waals surface area contributed by atoms with Crippen LogP contribution < -0.4 is 10.6 Å². The monoisotopic (exact) mass is 294 g/mol. The molecule has 2 rings (SSSR count). The Bertz CT molecular complexity index is 604. The SMILES string of the molecule is CCNc1cc(NCc2ccc(F)c(Cl)c2)nc(C)n1. The molecule has 0 aliphatic heterocycles. The first-order chi connectivity index (χ1) is 9.58. The summed E-state index contributed by atoms with van der Waals surface area (Å²) >= 11 is 5.75. The average molecular weight is 295 g/mol. The molecule has 0 aliphatic carbocycles. The molecule has 20 heavy (non-hydrogen) atoms. The van der Waals surface area contributed by atoms with Gasteiger partial charge < -0.3 is 10.6 Å². The summed E-state index contributed by atoms with van der Waals surface area (Å²) in [4.78, 5) is 8.57. The van der Waals surface area contributed by atoms with Crippen LogP contribution >= 0.6 is 11.6 Å². The third kappa shape index (κ3) is 3.81. The van der Waals surface area contributed by atoms with E-state index in [-0.39, 0.29) is 5.02 Å². The van der Waals surface area contributed by atoms with Crippen LogP contribution in [0.4, 0.5) is 16.0 Å². The number of halogens is 2. The van der Waals surface area contributed by atoms with Crippen molar-refractivity contribution in [3.8, 4) is 0 Å². The van der Waals surface area contributed by atoms with Crippen LogP contribution in [-0.2, 0) is 6.54 Å². The van der Waals surface area contributed by atoms with Gasteiger partial charge in [-0.25, -0.2) is 14.4 Å². The molecule has 0 spiro atoms. The van der Waals surface area contributed by atoms with Gasteiger partial charge >= 0.3 is 0 Å². The molecule has 1 aromatic carbocycles. The number of nitrogens with zero attached hydrogens (tertiary/aromatic N) is 2. The highest BCUT2D eigenvalue weighted by Crippen LogP contribution is 2.17. The van der Waals surface area contributed by atoms with E-state index in [1.54, 1.807) is 12.1 Å². The first-order valence-corrected chi connectivity index (χ1v) is 6.73. The lowest BCUT2D eigenvalue weighted by molar-refractivity contribution is 0.627. The lowest BCUT2D eigenvalue weighted by Gasteiger charge is -2.09. The predicted molar refractivity (Wildman–Crippen MR) is 79.7 cm³/mol. The van der Waals surface area contributed by atoms with Crippen molar-refractivity contribution in [1.82, 2.24) is 9.97 Å². The van der Waals surface area contributed by atoms with Gasteiger partial charge in [-0.05, 0) is 31.5 Å². The van der Waals surface area contributed by atoms with E-state index in [4.69, 9.17) is 11.6 Å². The van der Waals surface area contributed by atoms with E-state index in [1.807, 2.05) is 19.9 Å². The van der Waals surface area contributed by atoms with Gasteiger partial charge in [0.1, 0.15) is 23.3 Å². The van der Waals surface area contributed by atoms with Gasteiger partial charge in [0.2, 0.25) is 0 Å². The second-order valence-electron chi connectivity index (χ2n) is 4.32. The third-order valence-corrected chi connectivity index (χ3v) is 2.94. The molecular formula is C14H16ClFN4. The van der Waals surface area contributed by atoms with Crippen molar-refractivity contribution >= 4 is 23.2 Å². The van der Waals surface area contributed by atoms with Gasteiger partial charge in [-0.3, -0.25) is 0 Å². The van der Waals surface area contributed by atoms with Gasteiger partial charge in [0.15, 0.2) is 0 Å². The van der Waals surface area contributed by atoms with E-state index in [9.17, 15) is 4.39 Å². The van der Waals surface area contributed by atoms with Crippen molar-refractivity contribution in [2.24, 2.45) is 0 Å². The zero-order valence-electron chi connectivity index (χ0n) is 11.4. The number of anilines is 2. The lowest BCUT2D eigenvalue weighted by Crippen LogP contribution is -2.06. The molecule has 106 valence electrons. The van der Waals surface area contributed by atoms with Gasteiger partial charge in [-0.15, -0.1) is 0 Å². The molecule has 0 saturated carbocycles. The van der Waals surface area contributed by atoms with Crippen molar-refractivity contribution in [2.45, 2.75) is 20.4 Å². The third-order valence-electron chi connectivity index (χ3n) is 2.65. The summed E-state index contributed by atoms with van der Waals surface area (Å²) < 4.78 is 13.1. The number of rotatable bonds is 5. The number of nitrogens with one attached hydrogen (secondary N) is 2. The Kier molecular flexibility index (Phi) is 4.74. The molecule has 0 unspecified atom stereocenters. The molecule has 6 heteroatoms. The van der Waals surface area contributed by atoms with Crippen LogP contribution in [0.25, 0.3) is 0 Å². The summed E-state index contributed by atoms with van der Waals surface area (Å²) in [7, 11) is 0. The molecular weight excluding hydrogens is 279 g/mol. The second kappa shape index (κ2) is 6.52. The first-order valence-electron chi connectivity index (χ1n) is 6.36. The molecule has 0 bridgehead atoms.